The summed E-state index contributed by atoms with van der Waals surface area (Å²) in [5, 5.41) is 0.729. The first-order chi connectivity index (χ1) is 12.6. The van der Waals surface area contributed by atoms with Gasteiger partial charge in [-0.25, -0.2) is 9.97 Å². The third-order valence-electron chi connectivity index (χ3n) is 4.16. The second-order valence-electron chi connectivity index (χ2n) is 5.73. The number of aromatic nitrogens is 4. The number of nitrogens with zero attached hydrogens (tertiary/aromatic N) is 4. The zero-order valence-electron chi connectivity index (χ0n) is 13.8. The molecule has 0 aliphatic carbocycles. The molecule has 0 unspecified atom stereocenters. The lowest BCUT2D eigenvalue weighted by atomic mass is 10.2. The number of alkyl halides is 2. The first-order valence-electron chi connectivity index (χ1n) is 7.89. The zero-order valence-corrected chi connectivity index (χ0v) is 14.6. The number of halogens is 2. The Hall–Kier alpha value is -2.74. The molecule has 2 aromatic carbocycles. The summed E-state index contributed by atoms with van der Waals surface area (Å²) < 4.78 is 29.4. The van der Waals surface area contributed by atoms with Crippen molar-refractivity contribution in [3.63, 3.8) is 0 Å². The lowest BCUT2D eigenvalue weighted by Gasteiger charge is -2.10. The molecule has 8 heteroatoms. The first kappa shape index (κ1) is 16.7. The van der Waals surface area contributed by atoms with Crippen molar-refractivity contribution in [2.75, 3.05) is 0 Å². The van der Waals surface area contributed by atoms with Gasteiger partial charge in [-0.15, -0.1) is 0 Å². The molecule has 0 atom stereocenters. The van der Waals surface area contributed by atoms with Gasteiger partial charge >= 0.3 is 6.55 Å². The highest BCUT2D eigenvalue weighted by atomic mass is 32.2. The van der Waals surface area contributed by atoms with Gasteiger partial charge in [-0.3, -0.25) is 13.9 Å². The van der Waals surface area contributed by atoms with Gasteiger partial charge in [0.1, 0.15) is 5.82 Å². The summed E-state index contributed by atoms with van der Waals surface area (Å²) in [4.78, 5) is 21.2. The molecule has 0 aliphatic rings. The van der Waals surface area contributed by atoms with Crippen LogP contribution in [0.15, 0.2) is 58.5 Å². The van der Waals surface area contributed by atoms with Crippen molar-refractivity contribution < 1.29 is 8.78 Å². The van der Waals surface area contributed by atoms with E-state index in [9.17, 15) is 13.6 Å². The molecule has 2 heterocycles. The van der Waals surface area contributed by atoms with Crippen molar-refractivity contribution in [3.8, 4) is 0 Å². The molecule has 0 radical (unpaired) electrons. The van der Waals surface area contributed by atoms with Crippen molar-refractivity contribution in [1.29, 1.82) is 0 Å². The lowest BCUT2D eigenvalue weighted by Crippen LogP contribution is -2.22. The molecule has 0 aliphatic heterocycles. The Morgan fingerprint density at radius 2 is 1.73 bits per heavy atom. The van der Waals surface area contributed by atoms with Gasteiger partial charge in [0.2, 0.25) is 0 Å². The SMILES string of the molecule is Cn1c(CSc2nc3ccccc3n2C(F)F)nc2ccccc2c1=O. The fraction of sp³-hybridized carbons (Fsp3) is 0.167. The highest BCUT2D eigenvalue weighted by molar-refractivity contribution is 7.98. The van der Waals surface area contributed by atoms with Gasteiger partial charge in [-0.2, -0.15) is 8.78 Å². The van der Waals surface area contributed by atoms with E-state index in [1.165, 1.54) is 4.57 Å². The quantitative estimate of drug-likeness (QED) is 0.509. The second kappa shape index (κ2) is 6.53. The number of benzene rings is 2. The number of thioether (sulfide) groups is 1. The number of hydrogen-bond donors (Lipinski definition) is 0. The van der Waals surface area contributed by atoms with Gasteiger partial charge in [0, 0.05) is 7.05 Å². The molecule has 4 rings (SSSR count). The van der Waals surface area contributed by atoms with Crippen LogP contribution in [0, 0.1) is 0 Å². The van der Waals surface area contributed by atoms with Crippen LogP contribution in [0.2, 0.25) is 0 Å². The van der Waals surface area contributed by atoms with Gasteiger partial charge in [-0.05, 0) is 24.3 Å². The number of para-hydroxylation sites is 3. The smallest absolute Gasteiger partial charge is 0.299 e. The van der Waals surface area contributed by atoms with E-state index in [1.54, 1.807) is 49.5 Å². The summed E-state index contributed by atoms with van der Waals surface area (Å²) in [7, 11) is 1.63. The topological polar surface area (TPSA) is 52.7 Å². The Bertz CT molecular complexity index is 1170. The van der Waals surface area contributed by atoms with Crippen LogP contribution in [0.25, 0.3) is 21.9 Å². The maximum atomic E-state index is 13.5. The lowest BCUT2D eigenvalue weighted by molar-refractivity contribution is 0.0656. The van der Waals surface area contributed by atoms with E-state index < -0.39 is 6.55 Å². The molecular formula is C18H14F2N4OS. The molecule has 0 saturated carbocycles. The Kier molecular flexibility index (Phi) is 4.20. The number of fused-ring (bicyclic) bond motifs is 2. The van der Waals surface area contributed by atoms with Crippen molar-refractivity contribution in [3.05, 3.63) is 64.7 Å². The van der Waals surface area contributed by atoms with E-state index >= 15 is 0 Å². The predicted molar refractivity (Wildman–Crippen MR) is 97.5 cm³/mol. The normalized spacial score (nSPS) is 11.7. The van der Waals surface area contributed by atoms with E-state index in [0.29, 0.717) is 27.8 Å². The molecule has 0 amide bonds. The summed E-state index contributed by atoms with van der Waals surface area (Å²) >= 11 is 1.14. The Balaban J connectivity index is 1.73. The standard InChI is InChI=1S/C18H14F2N4OS/c1-23-15(21-12-7-3-2-6-11(12)16(23)25)10-26-18-22-13-8-4-5-9-14(13)24(18)17(19)20/h2-9,17H,10H2,1H3. The predicted octanol–water partition coefficient (Wildman–Crippen LogP) is 3.97. The van der Waals surface area contributed by atoms with Crippen LogP contribution in [0.3, 0.4) is 0 Å². The van der Waals surface area contributed by atoms with Crippen LogP contribution >= 0.6 is 11.8 Å². The van der Waals surface area contributed by atoms with Gasteiger partial charge in [0.05, 0.1) is 27.7 Å². The van der Waals surface area contributed by atoms with Gasteiger partial charge in [0.25, 0.3) is 5.56 Å². The summed E-state index contributed by atoms with van der Waals surface area (Å²) in [6, 6.07) is 13.8. The van der Waals surface area contributed by atoms with E-state index in [-0.39, 0.29) is 16.5 Å². The minimum atomic E-state index is -2.70. The average Bonchev–Trinajstić information content (AvgIpc) is 3.02. The maximum Gasteiger partial charge on any atom is 0.321 e. The molecule has 132 valence electrons. The van der Waals surface area contributed by atoms with Gasteiger partial charge in [-0.1, -0.05) is 36.0 Å². The third kappa shape index (κ3) is 2.76. The Labute approximate surface area is 151 Å². The van der Waals surface area contributed by atoms with Crippen LogP contribution in [-0.4, -0.2) is 19.1 Å². The minimum Gasteiger partial charge on any atom is -0.299 e. The Morgan fingerprint density at radius 1 is 1.04 bits per heavy atom. The molecule has 0 spiro atoms. The molecule has 26 heavy (non-hydrogen) atoms. The van der Waals surface area contributed by atoms with Crippen LogP contribution in [0.1, 0.15) is 12.4 Å². The van der Waals surface area contributed by atoms with Crippen LogP contribution in [0.5, 0.6) is 0 Å². The molecule has 2 aromatic heterocycles. The van der Waals surface area contributed by atoms with Crippen molar-refractivity contribution in [2.24, 2.45) is 7.05 Å². The molecule has 0 saturated heterocycles. The molecule has 5 nitrogen and oxygen atoms in total. The third-order valence-corrected chi connectivity index (χ3v) is 5.11. The van der Waals surface area contributed by atoms with Gasteiger partial charge in [0.15, 0.2) is 5.16 Å². The number of imidazole rings is 1. The largest absolute Gasteiger partial charge is 0.321 e. The first-order valence-corrected chi connectivity index (χ1v) is 8.87. The van der Waals surface area contributed by atoms with Crippen molar-refractivity contribution in [2.45, 2.75) is 17.5 Å². The highest BCUT2D eigenvalue weighted by Gasteiger charge is 2.18. The molecule has 0 bridgehead atoms. The summed E-state index contributed by atoms with van der Waals surface area (Å²) in [5.41, 5.74) is 1.32. The number of hydrogen-bond acceptors (Lipinski definition) is 4. The van der Waals surface area contributed by atoms with Crippen LogP contribution in [-0.2, 0) is 12.8 Å². The monoisotopic (exact) mass is 372 g/mol. The summed E-state index contributed by atoms with van der Waals surface area (Å²) in [6.45, 7) is -2.70. The van der Waals surface area contributed by atoms with Crippen LogP contribution in [0.4, 0.5) is 8.78 Å². The van der Waals surface area contributed by atoms with E-state index in [4.69, 9.17) is 0 Å². The van der Waals surface area contributed by atoms with E-state index in [0.717, 1.165) is 16.3 Å². The second-order valence-corrected chi connectivity index (χ2v) is 6.67. The Morgan fingerprint density at radius 3 is 2.50 bits per heavy atom. The van der Waals surface area contributed by atoms with E-state index in [1.807, 2.05) is 6.07 Å². The van der Waals surface area contributed by atoms with Crippen LogP contribution < -0.4 is 5.56 Å². The highest BCUT2D eigenvalue weighted by Crippen LogP contribution is 2.30. The van der Waals surface area contributed by atoms with Crippen molar-refractivity contribution >= 4 is 33.7 Å². The molecule has 4 aromatic rings. The average molecular weight is 372 g/mol. The number of rotatable bonds is 4. The zero-order chi connectivity index (χ0) is 18.3. The molecule has 0 fully saturated rings. The fourth-order valence-electron chi connectivity index (χ4n) is 2.83. The minimum absolute atomic E-state index is 0.159. The van der Waals surface area contributed by atoms with Crippen molar-refractivity contribution in [1.82, 2.24) is 19.1 Å². The molecular weight excluding hydrogens is 358 g/mol. The maximum absolute atomic E-state index is 13.5. The summed E-state index contributed by atoms with van der Waals surface area (Å²) in [5.74, 6) is 0.763. The summed E-state index contributed by atoms with van der Waals surface area (Å²) in [6.07, 6.45) is 0. The van der Waals surface area contributed by atoms with Gasteiger partial charge < -0.3 is 0 Å². The fourth-order valence-corrected chi connectivity index (χ4v) is 3.83. The van der Waals surface area contributed by atoms with E-state index in [2.05, 4.69) is 9.97 Å². The molecule has 0 N–H and O–H groups in total.